The van der Waals surface area contributed by atoms with Crippen LogP contribution in [0.1, 0.15) is 85.9 Å². The van der Waals surface area contributed by atoms with Gasteiger partial charge in [0.05, 0.1) is 11.4 Å². The first kappa shape index (κ1) is 36.0. The highest BCUT2D eigenvalue weighted by atomic mass is 79.9. The zero-order chi connectivity index (χ0) is 35.7. The Bertz CT molecular complexity index is 2050. The van der Waals surface area contributed by atoms with Crippen LogP contribution in [0.5, 0.6) is 0 Å². The second-order valence-corrected chi connectivity index (χ2v) is 16.7. The van der Waals surface area contributed by atoms with Gasteiger partial charge in [0.25, 0.3) is 0 Å². The predicted molar refractivity (Wildman–Crippen MR) is 216 cm³/mol. The minimum Gasteiger partial charge on any atom is -0.463 e. The zero-order valence-corrected chi connectivity index (χ0v) is 32.4. The molecule has 1 aromatic heterocycles. The molecule has 0 radical (unpaired) electrons. The van der Waals surface area contributed by atoms with Crippen LogP contribution in [-0.2, 0) is 16.2 Å². The van der Waals surface area contributed by atoms with Crippen molar-refractivity contribution in [1.82, 2.24) is 0 Å². The van der Waals surface area contributed by atoms with Gasteiger partial charge in [0, 0.05) is 32.4 Å². The van der Waals surface area contributed by atoms with E-state index in [1.165, 1.54) is 16.7 Å². The Morgan fingerprint density at radius 2 is 1.06 bits per heavy atom. The summed E-state index contributed by atoms with van der Waals surface area (Å²) in [7, 11) is 0. The SMILES string of the molecule is C=c1occ(N(c2ccc(C(C)(C)C)cc2)c2cccc(N(c3ccc(C(C)(C)C)cc3)c3ccc(C(C)(C)C)cc3Br)c2)/c1=C/C=C\C. The van der Waals surface area contributed by atoms with Gasteiger partial charge in [0.1, 0.15) is 11.7 Å². The van der Waals surface area contributed by atoms with Gasteiger partial charge in [-0.15, -0.1) is 0 Å². The number of halogens is 1. The van der Waals surface area contributed by atoms with Crippen molar-refractivity contribution < 1.29 is 4.42 Å². The number of furan rings is 1. The number of allylic oxidation sites excluding steroid dienone is 2. The van der Waals surface area contributed by atoms with Gasteiger partial charge in [-0.25, -0.2) is 0 Å². The van der Waals surface area contributed by atoms with Crippen LogP contribution in [0.25, 0.3) is 12.7 Å². The third-order valence-corrected chi connectivity index (χ3v) is 9.60. The molecule has 0 unspecified atom stereocenters. The highest BCUT2D eigenvalue weighted by Gasteiger charge is 2.23. The van der Waals surface area contributed by atoms with Crippen LogP contribution in [0.15, 0.2) is 118 Å². The van der Waals surface area contributed by atoms with E-state index in [1.807, 2.05) is 25.3 Å². The van der Waals surface area contributed by atoms with Gasteiger partial charge in [-0.3, -0.25) is 0 Å². The average Bonchev–Trinajstić information content (AvgIpc) is 3.39. The molecule has 0 bridgehead atoms. The lowest BCUT2D eigenvalue weighted by Crippen LogP contribution is -2.25. The molecule has 0 N–H and O–H groups in total. The quantitative estimate of drug-likeness (QED) is 0.167. The van der Waals surface area contributed by atoms with E-state index in [0.29, 0.717) is 5.42 Å². The molecule has 49 heavy (non-hydrogen) atoms. The number of rotatable bonds is 7. The molecule has 0 amide bonds. The summed E-state index contributed by atoms with van der Waals surface area (Å²) in [4.78, 5) is 4.60. The van der Waals surface area contributed by atoms with Crippen molar-refractivity contribution in [2.45, 2.75) is 85.5 Å². The minimum atomic E-state index is 0.0302. The van der Waals surface area contributed by atoms with E-state index >= 15 is 0 Å². The summed E-state index contributed by atoms with van der Waals surface area (Å²) in [5.41, 5.74) is 10.8. The van der Waals surface area contributed by atoms with Crippen molar-refractivity contribution in [3.8, 4) is 0 Å². The predicted octanol–water partition coefficient (Wildman–Crippen LogP) is 12.6. The molecule has 0 aliphatic heterocycles. The van der Waals surface area contributed by atoms with Crippen LogP contribution in [0.2, 0.25) is 0 Å². The van der Waals surface area contributed by atoms with Gasteiger partial charge in [-0.1, -0.05) is 117 Å². The van der Waals surface area contributed by atoms with Gasteiger partial charge >= 0.3 is 0 Å². The van der Waals surface area contributed by atoms with Crippen LogP contribution in [0, 0.1) is 0 Å². The third kappa shape index (κ3) is 7.97. The molecule has 4 aromatic carbocycles. The Balaban J connectivity index is 1.74. The number of nitrogens with zero attached hydrogens (tertiary/aromatic N) is 2. The fraction of sp³-hybridized carbons (Fsp3) is 0.289. The summed E-state index contributed by atoms with van der Waals surface area (Å²) in [5, 5.41) is 0.943. The van der Waals surface area contributed by atoms with E-state index in [2.05, 4.69) is 192 Å². The smallest absolute Gasteiger partial charge is 0.128 e. The molecular formula is C45H51BrN2O. The number of hydrogen-bond acceptors (Lipinski definition) is 3. The molecule has 0 saturated heterocycles. The van der Waals surface area contributed by atoms with E-state index < -0.39 is 0 Å². The fourth-order valence-electron chi connectivity index (χ4n) is 5.94. The fourth-order valence-corrected chi connectivity index (χ4v) is 6.50. The molecule has 0 aliphatic rings. The Kier molecular flexibility index (Phi) is 10.2. The monoisotopic (exact) mass is 714 g/mol. The van der Waals surface area contributed by atoms with Crippen molar-refractivity contribution >= 4 is 62.7 Å². The van der Waals surface area contributed by atoms with Crippen molar-refractivity contribution in [3.63, 3.8) is 0 Å². The second-order valence-electron chi connectivity index (χ2n) is 15.9. The van der Waals surface area contributed by atoms with Gasteiger partial charge < -0.3 is 14.2 Å². The van der Waals surface area contributed by atoms with Crippen LogP contribution in [0.3, 0.4) is 0 Å². The molecule has 254 valence electrons. The normalized spacial score (nSPS) is 12.9. The van der Waals surface area contributed by atoms with E-state index in [9.17, 15) is 0 Å². The van der Waals surface area contributed by atoms with Crippen LogP contribution in [0.4, 0.5) is 34.1 Å². The maximum Gasteiger partial charge on any atom is 0.128 e. The largest absolute Gasteiger partial charge is 0.463 e. The second kappa shape index (κ2) is 13.9. The van der Waals surface area contributed by atoms with Crippen molar-refractivity contribution in [2.75, 3.05) is 9.80 Å². The molecular weight excluding hydrogens is 664 g/mol. The molecule has 4 heteroatoms. The van der Waals surface area contributed by atoms with Crippen LogP contribution >= 0.6 is 15.9 Å². The van der Waals surface area contributed by atoms with Gasteiger partial charge in [-0.2, -0.15) is 0 Å². The molecule has 0 spiro atoms. The van der Waals surface area contributed by atoms with Crippen molar-refractivity contribution in [3.05, 3.63) is 141 Å². The Morgan fingerprint density at radius 3 is 1.51 bits per heavy atom. The Labute approximate surface area is 302 Å². The summed E-state index contributed by atoms with van der Waals surface area (Å²) < 4.78 is 7.01. The lowest BCUT2D eigenvalue weighted by atomic mass is 9.86. The number of anilines is 6. The average molecular weight is 716 g/mol. The Morgan fingerprint density at radius 1 is 0.592 bits per heavy atom. The van der Waals surface area contributed by atoms with Crippen LogP contribution in [-0.4, -0.2) is 0 Å². The molecule has 1 heterocycles. The number of benzene rings is 4. The summed E-state index contributed by atoms with van der Waals surface area (Å²) >= 11 is 3.98. The van der Waals surface area contributed by atoms with Gasteiger partial charge in [0.15, 0.2) is 0 Å². The van der Waals surface area contributed by atoms with E-state index in [1.54, 1.807) is 0 Å². The van der Waals surface area contributed by atoms with Crippen molar-refractivity contribution in [1.29, 1.82) is 0 Å². The summed E-state index contributed by atoms with van der Waals surface area (Å²) in [5.74, 6) is 0. The molecule has 3 nitrogen and oxygen atoms in total. The van der Waals surface area contributed by atoms with Gasteiger partial charge in [0.2, 0.25) is 0 Å². The maximum absolute atomic E-state index is 5.97. The van der Waals surface area contributed by atoms with E-state index in [0.717, 1.165) is 43.8 Å². The number of hydrogen-bond donors (Lipinski definition) is 0. The van der Waals surface area contributed by atoms with Crippen LogP contribution < -0.4 is 20.4 Å². The summed E-state index contributed by atoms with van der Waals surface area (Å²) in [6.07, 6.45) is 7.93. The van der Waals surface area contributed by atoms with E-state index in [-0.39, 0.29) is 16.2 Å². The molecule has 5 aromatic rings. The minimum absolute atomic E-state index is 0.0302. The molecule has 0 fully saturated rings. The lowest BCUT2D eigenvalue weighted by Gasteiger charge is -2.31. The van der Waals surface area contributed by atoms with Crippen molar-refractivity contribution in [2.24, 2.45) is 0 Å². The molecule has 0 saturated carbocycles. The lowest BCUT2D eigenvalue weighted by molar-refractivity contribution is 0.533. The summed E-state index contributed by atoms with van der Waals surface area (Å²) in [6, 6.07) is 33.3. The molecule has 5 rings (SSSR count). The zero-order valence-electron chi connectivity index (χ0n) is 30.9. The highest BCUT2D eigenvalue weighted by Crippen LogP contribution is 2.43. The third-order valence-electron chi connectivity index (χ3n) is 8.97. The Hall–Kier alpha value is -4.28. The first-order valence-electron chi connectivity index (χ1n) is 17.1. The highest BCUT2D eigenvalue weighted by molar-refractivity contribution is 9.10. The topological polar surface area (TPSA) is 19.6 Å². The first-order valence-corrected chi connectivity index (χ1v) is 17.9. The van der Waals surface area contributed by atoms with Gasteiger partial charge in [-0.05, 0) is 116 Å². The standard InChI is InChI=1S/C45H51BrN2O/c1-12-13-17-39-31(2)49-30-42(39)48(36-25-20-33(21-26-36)44(6,7)8)38-16-14-15-37(29-38)47(35-23-18-32(19-24-35)43(3,4)5)41-27-22-34(28-40(41)46)45(9,10)11/h12-30H,2H2,1,3-11H3/b13-12-,39-17+. The first-order chi connectivity index (χ1) is 23.0. The van der Waals surface area contributed by atoms with E-state index in [4.69, 9.17) is 4.42 Å². The molecule has 0 aliphatic carbocycles. The maximum atomic E-state index is 5.97. The summed E-state index contributed by atoms with van der Waals surface area (Å²) in [6.45, 7) is 26.5. The molecule has 0 atom stereocenters.